The summed E-state index contributed by atoms with van der Waals surface area (Å²) in [6, 6.07) is 14.9. The lowest BCUT2D eigenvalue weighted by Crippen LogP contribution is -1.95. The molecule has 0 spiro atoms. The van der Waals surface area contributed by atoms with E-state index < -0.39 is 0 Å². The first-order valence-electron chi connectivity index (χ1n) is 6.44. The number of aromatic nitrogens is 1. The normalized spacial score (nSPS) is 10.5. The number of hydrogen-bond acceptors (Lipinski definition) is 3. The summed E-state index contributed by atoms with van der Waals surface area (Å²) in [6.45, 7) is 0. The van der Waals surface area contributed by atoms with E-state index in [1.807, 2.05) is 12.1 Å². The fourth-order valence-electron chi connectivity index (χ4n) is 2.17. The molecule has 104 valence electrons. The number of nitrogens with two attached hydrogens (primary N) is 1. The molecule has 0 unspecified atom stereocenters. The quantitative estimate of drug-likeness (QED) is 0.749. The molecule has 0 fully saturated rings. The molecule has 1 aromatic heterocycles. The summed E-state index contributed by atoms with van der Waals surface area (Å²) in [4.78, 5) is 4.18. The molecule has 3 nitrogen and oxygen atoms in total. The summed E-state index contributed by atoms with van der Waals surface area (Å²) >= 11 is 0. The van der Waals surface area contributed by atoms with Gasteiger partial charge in [0.05, 0.1) is 0 Å². The number of rotatable bonds is 2. The first-order chi connectivity index (χ1) is 10.1. The maximum absolute atomic E-state index is 13.3. The summed E-state index contributed by atoms with van der Waals surface area (Å²) in [5.74, 6) is 0.280. The molecule has 4 heteroatoms. The van der Waals surface area contributed by atoms with Crippen LogP contribution < -0.4 is 5.73 Å². The van der Waals surface area contributed by atoms with Crippen LogP contribution in [0.5, 0.6) is 5.75 Å². The number of anilines is 1. The third-order valence-electron chi connectivity index (χ3n) is 3.25. The van der Waals surface area contributed by atoms with E-state index in [1.165, 1.54) is 12.1 Å². The second-order valence-electron chi connectivity index (χ2n) is 4.71. The van der Waals surface area contributed by atoms with Gasteiger partial charge in [-0.25, -0.2) is 9.37 Å². The van der Waals surface area contributed by atoms with Crippen LogP contribution in [0.3, 0.4) is 0 Å². The molecule has 0 amide bonds. The van der Waals surface area contributed by atoms with E-state index in [9.17, 15) is 9.50 Å². The van der Waals surface area contributed by atoms with Gasteiger partial charge in [0.15, 0.2) is 0 Å². The van der Waals surface area contributed by atoms with Crippen molar-refractivity contribution >= 4 is 5.82 Å². The van der Waals surface area contributed by atoms with E-state index >= 15 is 0 Å². The van der Waals surface area contributed by atoms with Crippen molar-refractivity contribution in [3.05, 3.63) is 66.6 Å². The Balaban J connectivity index is 2.10. The standard InChI is InChI=1S/C17H13FN2O/c18-14-3-1-2-12(8-14)13-9-16(17(19)20-10-13)11-4-6-15(21)7-5-11/h1-10,21H,(H2,19,20). The lowest BCUT2D eigenvalue weighted by Gasteiger charge is -2.09. The maximum Gasteiger partial charge on any atom is 0.131 e. The number of nitrogens with zero attached hydrogens (tertiary/aromatic N) is 1. The Morgan fingerprint density at radius 1 is 0.905 bits per heavy atom. The molecule has 0 atom stereocenters. The number of benzene rings is 2. The number of halogens is 1. The van der Waals surface area contributed by atoms with Gasteiger partial charge in [0.1, 0.15) is 17.4 Å². The van der Waals surface area contributed by atoms with Crippen LogP contribution >= 0.6 is 0 Å². The van der Waals surface area contributed by atoms with Crippen molar-refractivity contribution in [2.24, 2.45) is 0 Å². The highest BCUT2D eigenvalue weighted by atomic mass is 19.1. The van der Waals surface area contributed by atoms with Crippen molar-refractivity contribution in [1.29, 1.82) is 0 Å². The zero-order valence-corrected chi connectivity index (χ0v) is 11.1. The summed E-state index contributed by atoms with van der Waals surface area (Å²) in [7, 11) is 0. The number of pyridine rings is 1. The summed E-state index contributed by atoms with van der Waals surface area (Å²) in [6.07, 6.45) is 1.62. The SMILES string of the molecule is Nc1ncc(-c2cccc(F)c2)cc1-c1ccc(O)cc1. The molecular weight excluding hydrogens is 267 g/mol. The molecule has 0 saturated carbocycles. The van der Waals surface area contributed by atoms with E-state index in [1.54, 1.807) is 36.5 Å². The third kappa shape index (κ3) is 2.69. The van der Waals surface area contributed by atoms with Crippen molar-refractivity contribution in [2.45, 2.75) is 0 Å². The van der Waals surface area contributed by atoms with Crippen LogP contribution in [0.1, 0.15) is 0 Å². The van der Waals surface area contributed by atoms with Gasteiger partial charge in [-0.3, -0.25) is 0 Å². The van der Waals surface area contributed by atoms with Gasteiger partial charge in [-0.1, -0.05) is 24.3 Å². The predicted octanol–water partition coefficient (Wildman–Crippen LogP) is 3.84. The first kappa shape index (κ1) is 13.1. The molecule has 1 heterocycles. The minimum absolute atomic E-state index is 0.187. The number of aromatic hydroxyl groups is 1. The van der Waals surface area contributed by atoms with Crippen molar-refractivity contribution in [3.8, 4) is 28.0 Å². The van der Waals surface area contributed by atoms with Crippen molar-refractivity contribution in [3.63, 3.8) is 0 Å². The topological polar surface area (TPSA) is 59.1 Å². The molecule has 0 aliphatic carbocycles. The van der Waals surface area contributed by atoms with Crippen molar-refractivity contribution in [2.75, 3.05) is 5.73 Å². The Hall–Kier alpha value is -2.88. The molecule has 0 radical (unpaired) electrons. The van der Waals surface area contributed by atoms with Gasteiger partial charge >= 0.3 is 0 Å². The Morgan fingerprint density at radius 2 is 1.67 bits per heavy atom. The molecule has 3 aromatic rings. The molecule has 0 aliphatic heterocycles. The van der Waals surface area contributed by atoms with Gasteiger partial charge in [0, 0.05) is 17.3 Å². The second kappa shape index (κ2) is 5.25. The summed E-state index contributed by atoms with van der Waals surface area (Å²) < 4.78 is 13.3. The van der Waals surface area contributed by atoms with Crippen LogP contribution in [-0.2, 0) is 0 Å². The second-order valence-corrected chi connectivity index (χ2v) is 4.71. The van der Waals surface area contributed by atoms with E-state index in [-0.39, 0.29) is 11.6 Å². The van der Waals surface area contributed by atoms with Crippen molar-refractivity contribution in [1.82, 2.24) is 4.98 Å². The third-order valence-corrected chi connectivity index (χ3v) is 3.25. The number of nitrogen functional groups attached to an aromatic ring is 1. The predicted molar refractivity (Wildman–Crippen MR) is 81.1 cm³/mol. The van der Waals surface area contributed by atoms with Crippen LogP contribution in [0.15, 0.2) is 60.8 Å². The summed E-state index contributed by atoms with van der Waals surface area (Å²) in [5, 5.41) is 9.35. The highest BCUT2D eigenvalue weighted by Crippen LogP contribution is 2.30. The van der Waals surface area contributed by atoms with Gasteiger partial charge in [-0.2, -0.15) is 0 Å². The minimum atomic E-state index is -0.296. The Bertz CT molecular complexity index is 785. The molecule has 0 aliphatic rings. The Kier molecular flexibility index (Phi) is 3.28. The largest absolute Gasteiger partial charge is 0.508 e. The highest BCUT2D eigenvalue weighted by molar-refractivity contribution is 5.79. The monoisotopic (exact) mass is 280 g/mol. The molecular formula is C17H13FN2O. The number of phenolic OH excluding ortho intramolecular Hbond substituents is 1. The van der Waals surface area contributed by atoms with E-state index in [2.05, 4.69) is 4.98 Å². The van der Waals surface area contributed by atoms with E-state index in [0.717, 1.165) is 22.3 Å². The maximum atomic E-state index is 13.3. The highest BCUT2D eigenvalue weighted by Gasteiger charge is 2.07. The Labute approximate surface area is 121 Å². The fraction of sp³-hybridized carbons (Fsp3) is 0. The van der Waals surface area contributed by atoms with Gasteiger partial charge in [-0.05, 0) is 41.5 Å². The first-order valence-corrected chi connectivity index (χ1v) is 6.44. The zero-order valence-electron chi connectivity index (χ0n) is 11.1. The van der Waals surface area contributed by atoms with Gasteiger partial charge < -0.3 is 10.8 Å². The van der Waals surface area contributed by atoms with Crippen LogP contribution in [0.2, 0.25) is 0 Å². The molecule has 0 bridgehead atoms. The zero-order chi connectivity index (χ0) is 14.8. The van der Waals surface area contributed by atoms with Gasteiger partial charge in [0.2, 0.25) is 0 Å². The fourth-order valence-corrected chi connectivity index (χ4v) is 2.17. The van der Waals surface area contributed by atoms with Crippen LogP contribution in [0, 0.1) is 5.82 Å². The summed E-state index contributed by atoms with van der Waals surface area (Å²) in [5.41, 5.74) is 9.03. The molecule has 3 N–H and O–H groups in total. The minimum Gasteiger partial charge on any atom is -0.508 e. The molecule has 2 aromatic carbocycles. The number of hydrogen-bond donors (Lipinski definition) is 2. The lowest BCUT2D eigenvalue weighted by atomic mass is 10.0. The van der Waals surface area contributed by atoms with Crippen molar-refractivity contribution < 1.29 is 9.50 Å². The van der Waals surface area contributed by atoms with Gasteiger partial charge in [0.25, 0.3) is 0 Å². The average molecular weight is 280 g/mol. The lowest BCUT2D eigenvalue weighted by molar-refractivity contribution is 0.475. The smallest absolute Gasteiger partial charge is 0.131 e. The van der Waals surface area contributed by atoms with E-state index in [4.69, 9.17) is 5.73 Å². The average Bonchev–Trinajstić information content (AvgIpc) is 2.49. The van der Waals surface area contributed by atoms with Crippen LogP contribution in [-0.4, -0.2) is 10.1 Å². The molecule has 21 heavy (non-hydrogen) atoms. The van der Waals surface area contributed by atoms with Crippen LogP contribution in [0.25, 0.3) is 22.3 Å². The van der Waals surface area contributed by atoms with Crippen LogP contribution in [0.4, 0.5) is 10.2 Å². The van der Waals surface area contributed by atoms with Gasteiger partial charge in [-0.15, -0.1) is 0 Å². The molecule has 0 saturated heterocycles. The number of phenols is 1. The molecule has 3 rings (SSSR count). The van der Waals surface area contributed by atoms with E-state index in [0.29, 0.717) is 5.82 Å². The Morgan fingerprint density at radius 3 is 2.38 bits per heavy atom.